The summed E-state index contributed by atoms with van der Waals surface area (Å²) in [7, 11) is 0. The predicted molar refractivity (Wildman–Crippen MR) is 157 cm³/mol. The van der Waals surface area contributed by atoms with Crippen molar-refractivity contribution in [2.45, 2.75) is 31.3 Å². The molecule has 34 heavy (non-hydrogen) atoms. The second kappa shape index (κ2) is 13.6. The van der Waals surface area contributed by atoms with Gasteiger partial charge in [0.1, 0.15) is 23.6 Å². The summed E-state index contributed by atoms with van der Waals surface area (Å²) in [6.45, 7) is 0. The van der Waals surface area contributed by atoms with Crippen LogP contribution in [0.4, 0.5) is 0 Å². The third kappa shape index (κ3) is 8.75. The van der Waals surface area contributed by atoms with E-state index in [2.05, 4.69) is 56.0 Å². The van der Waals surface area contributed by atoms with Crippen molar-refractivity contribution < 1.29 is 34.4 Å². The Morgan fingerprint density at radius 3 is 1.85 bits per heavy atom. The lowest BCUT2D eigenvalue weighted by Crippen LogP contribution is -2.53. The van der Waals surface area contributed by atoms with Gasteiger partial charge in [0.25, 0.3) is 0 Å². The molecule has 0 unspecified atom stereocenters. The number of phenols is 1. The Morgan fingerprint density at radius 2 is 1.38 bits per heavy atom. The van der Waals surface area contributed by atoms with Gasteiger partial charge in [0.05, 0.1) is 14.3 Å². The summed E-state index contributed by atoms with van der Waals surface area (Å²) in [5.74, 6) is -1.72. The zero-order valence-electron chi connectivity index (χ0n) is 17.1. The van der Waals surface area contributed by atoms with Crippen LogP contribution in [0.25, 0.3) is 0 Å². The van der Waals surface area contributed by atoms with E-state index in [0.717, 1.165) is 7.14 Å². The Hall–Kier alpha value is -0.710. The van der Waals surface area contributed by atoms with Crippen molar-refractivity contribution in [3.05, 3.63) is 44.1 Å². The molecule has 0 heterocycles. The van der Waals surface area contributed by atoms with Gasteiger partial charge in [-0.3, -0.25) is 14.4 Å². The summed E-state index contributed by atoms with van der Waals surface area (Å²) in [6, 6.07) is 4.69. The highest BCUT2D eigenvalue weighted by Crippen LogP contribution is 2.37. The first-order valence-electron chi connectivity index (χ1n) is 9.47. The quantitative estimate of drug-likeness (QED) is 0.138. The number of primary amides is 1. The number of hydrogen-bond donors (Lipinski definition) is 6. The van der Waals surface area contributed by atoms with Crippen molar-refractivity contribution in [3.8, 4) is 17.2 Å². The van der Waals surface area contributed by atoms with E-state index in [-0.39, 0.29) is 25.0 Å². The number of rotatable bonds is 12. The van der Waals surface area contributed by atoms with Gasteiger partial charge in [0, 0.05) is 6.42 Å². The SMILES string of the molecule is NC(=O)CC[C@@H](NN[C@@H](Cc1cc(I)c(Oc2cc(I)c(O)c(I)c2)c(I)c1)C(=O)O)C(=O)O. The van der Waals surface area contributed by atoms with E-state index >= 15 is 0 Å². The van der Waals surface area contributed by atoms with Gasteiger partial charge in [0.15, 0.2) is 5.75 Å². The summed E-state index contributed by atoms with van der Waals surface area (Å²) in [4.78, 5) is 34.0. The van der Waals surface area contributed by atoms with Crippen molar-refractivity contribution in [3.63, 3.8) is 0 Å². The van der Waals surface area contributed by atoms with E-state index in [1.54, 1.807) is 24.3 Å². The molecular weight excluding hydrogens is 902 g/mol. The minimum atomic E-state index is -1.23. The van der Waals surface area contributed by atoms with Gasteiger partial charge in [-0.1, -0.05) is 0 Å². The number of hydrogen-bond acceptors (Lipinski definition) is 7. The lowest BCUT2D eigenvalue weighted by molar-refractivity contribution is -0.143. The average Bonchev–Trinajstić information content (AvgIpc) is 2.72. The summed E-state index contributed by atoms with van der Waals surface area (Å²) in [6.07, 6.45) is -0.173. The number of nitrogens with one attached hydrogen (secondary N) is 2. The van der Waals surface area contributed by atoms with Gasteiger partial charge in [-0.2, -0.15) is 0 Å². The van der Waals surface area contributed by atoms with E-state index in [1.165, 1.54) is 0 Å². The number of carbonyl (C=O) groups is 3. The molecule has 0 aliphatic carbocycles. The van der Waals surface area contributed by atoms with Gasteiger partial charge in [-0.15, -0.1) is 0 Å². The van der Waals surface area contributed by atoms with Crippen LogP contribution in [0.1, 0.15) is 18.4 Å². The molecule has 0 saturated carbocycles. The van der Waals surface area contributed by atoms with Crippen LogP contribution in [0.5, 0.6) is 17.2 Å². The molecule has 184 valence electrons. The molecule has 0 aliphatic heterocycles. The number of aromatic hydroxyl groups is 1. The molecule has 0 saturated heterocycles. The van der Waals surface area contributed by atoms with Crippen LogP contribution in [-0.4, -0.2) is 45.2 Å². The van der Waals surface area contributed by atoms with Crippen molar-refractivity contribution in [2.75, 3.05) is 0 Å². The van der Waals surface area contributed by atoms with Crippen LogP contribution in [0.2, 0.25) is 0 Å². The molecule has 1 amide bonds. The predicted octanol–water partition coefficient (Wildman–Crippen LogP) is 3.41. The fourth-order valence-electron chi connectivity index (χ4n) is 2.73. The lowest BCUT2D eigenvalue weighted by atomic mass is 10.1. The van der Waals surface area contributed by atoms with Gasteiger partial charge in [0.2, 0.25) is 5.91 Å². The first kappa shape index (κ1) is 29.5. The highest BCUT2D eigenvalue weighted by molar-refractivity contribution is 14.1. The standard InChI is InChI=1S/C20H19I4N3O7/c21-10-6-9(7-11(22)17(10)29)34-18-12(23)3-8(4-13(18)24)5-15(20(32)33)27-26-14(19(30)31)1-2-16(25)28/h3-4,6-7,14-15,26-27,29H,1-2,5H2,(H2,25,28)(H,30,31)(H,32,33)/t14-,15+/m1/s1. The normalized spacial score (nSPS) is 12.7. The molecule has 0 bridgehead atoms. The molecule has 0 aliphatic rings. The fourth-order valence-corrected chi connectivity index (χ4v) is 6.56. The van der Waals surface area contributed by atoms with E-state index in [1.807, 2.05) is 45.2 Å². The molecule has 0 aromatic heterocycles. The Balaban J connectivity index is 2.16. The van der Waals surface area contributed by atoms with Gasteiger partial charge in [-0.05, 0) is 133 Å². The topological polar surface area (TPSA) is 171 Å². The van der Waals surface area contributed by atoms with Crippen LogP contribution >= 0.6 is 90.4 Å². The van der Waals surface area contributed by atoms with Crippen molar-refractivity contribution in [1.29, 1.82) is 0 Å². The molecule has 7 N–H and O–H groups in total. The van der Waals surface area contributed by atoms with Gasteiger partial charge < -0.3 is 25.8 Å². The number of carboxylic acids is 2. The summed E-state index contributed by atoms with van der Waals surface area (Å²) in [5, 5.41) is 28.8. The summed E-state index contributed by atoms with van der Waals surface area (Å²) >= 11 is 8.23. The number of carboxylic acid groups (broad SMARTS) is 2. The number of hydrazine groups is 1. The van der Waals surface area contributed by atoms with Crippen molar-refractivity contribution in [2.24, 2.45) is 5.73 Å². The first-order valence-corrected chi connectivity index (χ1v) is 13.8. The zero-order valence-corrected chi connectivity index (χ0v) is 25.8. The summed E-state index contributed by atoms with van der Waals surface area (Å²) in [5.41, 5.74) is 10.8. The Labute approximate surface area is 249 Å². The molecule has 14 heteroatoms. The Morgan fingerprint density at radius 1 is 0.882 bits per heavy atom. The second-order valence-corrected chi connectivity index (χ2v) is 11.7. The number of carbonyl (C=O) groups excluding carboxylic acids is 1. The smallest absolute Gasteiger partial charge is 0.322 e. The van der Waals surface area contributed by atoms with Crippen molar-refractivity contribution >= 4 is 108 Å². The number of aliphatic carboxylic acids is 2. The lowest BCUT2D eigenvalue weighted by Gasteiger charge is -2.20. The molecule has 0 fully saturated rings. The minimum Gasteiger partial charge on any atom is -0.506 e. The number of ether oxygens (including phenoxy) is 1. The van der Waals surface area contributed by atoms with Crippen LogP contribution in [-0.2, 0) is 20.8 Å². The monoisotopic (exact) mass is 921 g/mol. The number of halogens is 4. The molecule has 2 aromatic rings. The molecule has 10 nitrogen and oxygen atoms in total. The average molecular weight is 921 g/mol. The zero-order chi connectivity index (χ0) is 25.6. The van der Waals surface area contributed by atoms with Crippen molar-refractivity contribution in [1.82, 2.24) is 10.9 Å². The van der Waals surface area contributed by atoms with E-state index < -0.39 is 29.9 Å². The molecule has 2 rings (SSSR count). The third-order valence-electron chi connectivity index (χ3n) is 4.42. The van der Waals surface area contributed by atoms with Crippen LogP contribution in [0, 0.1) is 14.3 Å². The van der Waals surface area contributed by atoms with E-state index in [4.69, 9.17) is 10.5 Å². The van der Waals surface area contributed by atoms with Gasteiger partial charge >= 0.3 is 11.9 Å². The largest absolute Gasteiger partial charge is 0.506 e. The molecule has 2 aromatic carbocycles. The summed E-state index contributed by atoms with van der Waals surface area (Å²) < 4.78 is 8.84. The van der Waals surface area contributed by atoms with Crippen LogP contribution in [0.3, 0.4) is 0 Å². The molecular formula is C20H19I4N3O7. The minimum absolute atomic E-state index is 0.0613. The Bertz CT molecular complexity index is 1050. The number of benzene rings is 2. The highest BCUT2D eigenvalue weighted by atomic mass is 127. The fraction of sp³-hybridized carbons (Fsp3) is 0.250. The van der Waals surface area contributed by atoms with Crippen LogP contribution < -0.4 is 21.3 Å². The first-order chi connectivity index (χ1) is 15.9. The Kier molecular flexibility index (Phi) is 11.8. The highest BCUT2D eigenvalue weighted by Gasteiger charge is 2.24. The van der Waals surface area contributed by atoms with Gasteiger partial charge in [-0.25, -0.2) is 10.9 Å². The van der Waals surface area contributed by atoms with E-state index in [9.17, 15) is 29.7 Å². The number of phenolic OH excluding ortho intramolecular Hbond substituents is 1. The maximum Gasteiger partial charge on any atom is 0.322 e. The van der Waals surface area contributed by atoms with E-state index in [0.29, 0.717) is 24.2 Å². The maximum atomic E-state index is 11.7. The third-order valence-corrected chi connectivity index (χ3v) is 7.66. The molecule has 2 atom stereocenters. The number of nitrogens with two attached hydrogens (primary N) is 1. The second-order valence-electron chi connectivity index (χ2n) is 7.01. The molecule has 0 spiro atoms. The number of amides is 1. The van der Waals surface area contributed by atoms with Crippen LogP contribution in [0.15, 0.2) is 24.3 Å². The maximum absolute atomic E-state index is 11.7. The molecule has 0 radical (unpaired) electrons.